The highest BCUT2D eigenvalue weighted by Gasteiger charge is 2.17. The highest BCUT2D eigenvalue weighted by Crippen LogP contribution is 2.27. The van der Waals surface area contributed by atoms with Crippen molar-refractivity contribution < 1.29 is 9.72 Å². The van der Waals surface area contributed by atoms with Crippen molar-refractivity contribution in [1.29, 1.82) is 0 Å². The Morgan fingerprint density at radius 1 is 1.17 bits per heavy atom. The molecule has 1 amide bonds. The second kappa shape index (κ2) is 7.31. The third-order valence-corrected chi connectivity index (χ3v) is 4.68. The monoisotopic (exact) mass is 389 g/mol. The second-order valence-electron chi connectivity index (χ2n) is 6.89. The van der Waals surface area contributed by atoms with Gasteiger partial charge in [-0.3, -0.25) is 14.9 Å². The third-order valence-electron chi connectivity index (χ3n) is 4.68. The molecule has 0 aliphatic carbocycles. The number of nitro benzene ring substituents is 1. The molecule has 0 spiro atoms. The molecule has 0 saturated carbocycles. The largest absolute Gasteiger partial charge is 0.305 e. The minimum Gasteiger partial charge on any atom is -0.305 e. The predicted molar refractivity (Wildman–Crippen MR) is 111 cm³/mol. The lowest BCUT2D eigenvalue weighted by molar-refractivity contribution is -0.384. The second-order valence-corrected chi connectivity index (χ2v) is 6.89. The summed E-state index contributed by atoms with van der Waals surface area (Å²) < 4.78 is 1.79. The Balaban J connectivity index is 1.75. The highest BCUT2D eigenvalue weighted by molar-refractivity contribution is 6.09. The summed E-state index contributed by atoms with van der Waals surface area (Å²) in [4.78, 5) is 27.7. The molecule has 2 aromatic heterocycles. The lowest BCUT2D eigenvalue weighted by atomic mass is 10.1. The quantitative estimate of drug-likeness (QED) is 0.401. The van der Waals surface area contributed by atoms with Crippen LogP contribution in [0.3, 0.4) is 0 Å². The zero-order valence-corrected chi connectivity index (χ0v) is 16.0. The Kier molecular flexibility index (Phi) is 4.67. The number of benzene rings is 2. The number of carbonyl (C=O) groups is 1. The van der Waals surface area contributed by atoms with E-state index in [4.69, 9.17) is 4.98 Å². The van der Waals surface area contributed by atoms with Crippen molar-refractivity contribution in [2.24, 2.45) is 0 Å². The molecule has 0 unspecified atom stereocenters. The van der Waals surface area contributed by atoms with Crippen molar-refractivity contribution in [3.63, 3.8) is 0 Å². The normalized spacial score (nSPS) is 11.1. The first-order valence-electron chi connectivity index (χ1n) is 9.30. The van der Waals surface area contributed by atoms with E-state index in [0.29, 0.717) is 23.6 Å². The van der Waals surface area contributed by atoms with Crippen molar-refractivity contribution >= 4 is 39.3 Å². The van der Waals surface area contributed by atoms with Crippen molar-refractivity contribution in [2.75, 3.05) is 5.32 Å². The van der Waals surface area contributed by atoms with Gasteiger partial charge in [0.05, 0.1) is 15.8 Å². The number of hydrogen-bond acceptors (Lipinski definition) is 5. The van der Waals surface area contributed by atoms with E-state index in [1.165, 1.54) is 24.3 Å². The number of fused-ring (bicyclic) bond motifs is 2. The van der Waals surface area contributed by atoms with Crippen molar-refractivity contribution in [2.45, 2.75) is 26.8 Å². The number of aromatic nitrogens is 3. The fraction of sp³-hybridized carbons (Fsp3) is 0.190. The van der Waals surface area contributed by atoms with Crippen LogP contribution in [0, 0.1) is 17.0 Å². The number of anilines is 1. The molecule has 8 nitrogen and oxygen atoms in total. The number of nitrogens with zero attached hydrogens (tertiary/aromatic N) is 4. The smallest absolute Gasteiger partial charge is 0.269 e. The molecule has 1 N–H and O–H groups in total. The standard InChI is InChI=1S/C21H19N5O3/c1-3-10-25-20-17(12-15-11-13(2)4-9-18(15)22-20)19(24-25)23-21(27)14-5-7-16(8-6-14)26(28)29/h4-9,11-12H,3,10H2,1-2H3,(H,23,24,27). The number of nitrogens with one attached hydrogen (secondary N) is 1. The summed E-state index contributed by atoms with van der Waals surface area (Å²) in [5, 5.41) is 19.9. The number of pyridine rings is 1. The average Bonchev–Trinajstić information content (AvgIpc) is 3.03. The van der Waals surface area contributed by atoms with Crippen molar-refractivity contribution in [3.05, 3.63) is 69.8 Å². The molecule has 0 radical (unpaired) electrons. The first-order valence-corrected chi connectivity index (χ1v) is 9.30. The molecule has 0 aliphatic rings. The van der Waals surface area contributed by atoms with E-state index in [1.54, 1.807) is 4.68 Å². The summed E-state index contributed by atoms with van der Waals surface area (Å²) in [6.45, 7) is 4.74. The number of non-ortho nitro benzene ring substituents is 1. The maximum Gasteiger partial charge on any atom is 0.269 e. The Labute approximate surface area is 166 Å². The predicted octanol–water partition coefficient (Wildman–Crippen LogP) is 4.46. The van der Waals surface area contributed by atoms with Gasteiger partial charge < -0.3 is 5.32 Å². The van der Waals surface area contributed by atoms with Crippen LogP contribution >= 0.6 is 0 Å². The van der Waals surface area contributed by atoms with Crippen LogP contribution in [-0.2, 0) is 6.54 Å². The molecular formula is C21H19N5O3. The van der Waals surface area contributed by atoms with E-state index in [2.05, 4.69) is 10.4 Å². The van der Waals surface area contributed by atoms with Gasteiger partial charge in [-0.05, 0) is 43.7 Å². The minimum absolute atomic E-state index is 0.0646. The van der Waals surface area contributed by atoms with Gasteiger partial charge >= 0.3 is 0 Å². The van der Waals surface area contributed by atoms with Gasteiger partial charge in [0.15, 0.2) is 11.5 Å². The maximum atomic E-state index is 12.7. The summed E-state index contributed by atoms with van der Waals surface area (Å²) in [5.41, 5.74) is 2.95. The third kappa shape index (κ3) is 3.52. The molecule has 0 bridgehead atoms. The van der Waals surface area contributed by atoms with E-state index in [-0.39, 0.29) is 11.6 Å². The van der Waals surface area contributed by atoms with Crippen LogP contribution in [0.25, 0.3) is 21.9 Å². The zero-order valence-electron chi connectivity index (χ0n) is 16.0. The first-order chi connectivity index (χ1) is 14.0. The van der Waals surface area contributed by atoms with Crippen LogP contribution in [0.1, 0.15) is 29.3 Å². The number of aryl methyl sites for hydroxylation is 2. The molecule has 4 rings (SSSR count). The molecule has 2 aromatic carbocycles. The van der Waals surface area contributed by atoms with Crippen LogP contribution in [0.15, 0.2) is 48.5 Å². The number of rotatable bonds is 5. The van der Waals surface area contributed by atoms with Gasteiger partial charge in [-0.2, -0.15) is 5.10 Å². The molecule has 0 atom stereocenters. The van der Waals surface area contributed by atoms with Gasteiger partial charge in [0, 0.05) is 29.6 Å². The Morgan fingerprint density at radius 3 is 2.62 bits per heavy atom. The van der Waals surface area contributed by atoms with Gasteiger partial charge in [0.1, 0.15) is 0 Å². The molecule has 8 heteroatoms. The van der Waals surface area contributed by atoms with Gasteiger partial charge in [0.2, 0.25) is 0 Å². The fourth-order valence-electron chi connectivity index (χ4n) is 3.25. The Bertz CT molecular complexity index is 1240. The summed E-state index contributed by atoms with van der Waals surface area (Å²) in [5.74, 6) is 0.0417. The molecule has 4 aromatic rings. The van der Waals surface area contributed by atoms with E-state index >= 15 is 0 Å². The van der Waals surface area contributed by atoms with Crippen LogP contribution in [-0.4, -0.2) is 25.6 Å². The summed E-state index contributed by atoms with van der Waals surface area (Å²) in [6, 6.07) is 13.5. The molecule has 2 heterocycles. The Morgan fingerprint density at radius 2 is 1.93 bits per heavy atom. The summed E-state index contributed by atoms with van der Waals surface area (Å²) >= 11 is 0. The average molecular weight is 389 g/mol. The molecular weight excluding hydrogens is 370 g/mol. The molecule has 29 heavy (non-hydrogen) atoms. The minimum atomic E-state index is -0.500. The van der Waals surface area contributed by atoms with Gasteiger partial charge in [0.25, 0.3) is 11.6 Å². The van der Waals surface area contributed by atoms with E-state index in [9.17, 15) is 14.9 Å². The van der Waals surface area contributed by atoms with Crippen LogP contribution in [0.2, 0.25) is 0 Å². The Hall–Kier alpha value is -3.81. The number of nitro groups is 1. The maximum absolute atomic E-state index is 12.7. The summed E-state index contributed by atoms with van der Waals surface area (Å²) in [7, 11) is 0. The number of carbonyl (C=O) groups excluding carboxylic acids is 1. The van der Waals surface area contributed by atoms with E-state index < -0.39 is 4.92 Å². The van der Waals surface area contributed by atoms with Crippen LogP contribution < -0.4 is 5.32 Å². The topological polar surface area (TPSA) is 103 Å². The van der Waals surface area contributed by atoms with E-state index in [0.717, 1.165) is 28.3 Å². The molecule has 146 valence electrons. The lowest BCUT2D eigenvalue weighted by Gasteiger charge is -2.03. The van der Waals surface area contributed by atoms with E-state index in [1.807, 2.05) is 38.1 Å². The number of amides is 1. The van der Waals surface area contributed by atoms with Gasteiger partial charge in [-0.25, -0.2) is 9.67 Å². The zero-order chi connectivity index (χ0) is 20.5. The molecule has 0 fully saturated rings. The van der Waals surface area contributed by atoms with Crippen LogP contribution in [0.5, 0.6) is 0 Å². The van der Waals surface area contributed by atoms with Crippen molar-refractivity contribution in [3.8, 4) is 0 Å². The van der Waals surface area contributed by atoms with Gasteiger partial charge in [-0.1, -0.05) is 18.6 Å². The number of hydrogen-bond donors (Lipinski definition) is 1. The lowest BCUT2D eigenvalue weighted by Crippen LogP contribution is -2.13. The van der Waals surface area contributed by atoms with Gasteiger partial charge in [-0.15, -0.1) is 0 Å². The SMILES string of the molecule is CCCn1nc(NC(=O)c2ccc([N+](=O)[O-])cc2)c2cc3cc(C)ccc3nc21. The molecule has 0 saturated heterocycles. The first kappa shape index (κ1) is 18.5. The molecule has 0 aliphatic heterocycles. The summed E-state index contributed by atoms with van der Waals surface area (Å²) in [6.07, 6.45) is 0.875. The highest BCUT2D eigenvalue weighted by atomic mass is 16.6. The van der Waals surface area contributed by atoms with Crippen LogP contribution in [0.4, 0.5) is 11.5 Å². The fourth-order valence-corrected chi connectivity index (χ4v) is 3.25. The van der Waals surface area contributed by atoms with Crippen molar-refractivity contribution in [1.82, 2.24) is 14.8 Å².